The molecule has 3 heteroatoms. The monoisotopic (exact) mass is 499 g/mol. The van der Waals surface area contributed by atoms with E-state index in [1.807, 2.05) is 0 Å². The Morgan fingerprint density at radius 2 is 1.14 bits per heavy atom. The zero-order chi connectivity index (χ0) is 25.3. The normalized spacial score (nSPS) is 38.0. The van der Waals surface area contributed by atoms with Crippen molar-refractivity contribution in [3.63, 3.8) is 0 Å². The lowest BCUT2D eigenvalue weighted by Crippen LogP contribution is -2.52. The predicted molar refractivity (Wildman–Crippen MR) is 151 cm³/mol. The average molecular weight is 500 g/mol. The van der Waals surface area contributed by atoms with Gasteiger partial charge in [0.25, 0.3) is 0 Å². The van der Waals surface area contributed by atoms with Gasteiger partial charge in [-0.25, -0.2) is 4.79 Å². The third kappa shape index (κ3) is 8.08. The van der Waals surface area contributed by atoms with Gasteiger partial charge < -0.3 is 4.74 Å². The highest BCUT2D eigenvalue weighted by Gasteiger charge is 2.39. The van der Waals surface area contributed by atoms with Crippen molar-refractivity contribution in [1.82, 2.24) is 4.90 Å². The number of nitrogens with zero attached hydrogens (tertiary/aromatic N) is 1. The molecule has 0 aromatic heterocycles. The SMILES string of the molecule is C=CC(=O)OCCCCC1CCC(C2CCC(N(C3CCC(C)CC3)C3CCC(C)CC3)CC2)CC1. The predicted octanol–water partition coefficient (Wildman–Crippen LogP) is 8.71. The van der Waals surface area contributed by atoms with Gasteiger partial charge in [-0.15, -0.1) is 0 Å². The molecule has 0 bridgehead atoms. The van der Waals surface area contributed by atoms with Crippen LogP contribution in [0.25, 0.3) is 0 Å². The summed E-state index contributed by atoms with van der Waals surface area (Å²) in [6, 6.07) is 2.65. The number of unbranched alkanes of at least 4 members (excludes halogenated alkanes) is 1. The Morgan fingerprint density at radius 1 is 0.694 bits per heavy atom. The molecule has 0 atom stereocenters. The Morgan fingerprint density at radius 3 is 1.61 bits per heavy atom. The number of ether oxygens (including phenoxy) is 1. The van der Waals surface area contributed by atoms with Crippen LogP contribution in [0, 0.1) is 29.6 Å². The van der Waals surface area contributed by atoms with Gasteiger partial charge in [0.1, 0.15) is 0 Å². The van der Waals surface area contributed by atoms with Crippen molar-refractivity contribution in [3.05, 3.63) is 12.7 Å². The molecule has 0 aliphatic heterocycles. The molecule has 0 heterocycles. The quantitative estimate of drug-likeness (QED) is 0.171. The molecule has 0 unspecified atom stereocenters. The second kappa shape index (κ2) is 14.4. The van der Waals surface area contributed by atoms with Crippen LogP contribution < -0.4 is 0 Å². The molecule has 0 amide bonds. The number of carbonyl (C=O) groups is 1. The molecule has 4 fully saturated rings. The van der Waals surface area contributed by atoms with E-state index in [0.29, 0.717) is 6.61 Å². The summed E-state index contributed by atoms with van der Waals surface area (Å²) >= 11 is 0. The number of hydrogen-bond acceptors (Lipinski definition) is 3. The van der Waals surface area contributed by atoms with E-state index in [9.17, 15) is 4.79 Å². The van der Waals surface area contributed by atoms with E-state index in [-0.39, 0.29) is 5.97 Å². The largest absolute Gasteiger partial charge is 0.463 e. The summed E-state index contributed by atoms with van der Waals surface area (Å²) in [7, 11) is 0. The van der Waals surface area contributed by atoms with Gasteiger partial charge >= 0.3 is 5.97 Å². The molecule has 0 N–H and O–H groups in total. The van der Waals surface area contributed by atoms with Gasteiger partial charge in [-0.3, -0.25) is 4.90 Å². The van der Waals surface area contributed by atoms with Crippen LogP contribution in [0.2, 0.25) is 0 Å². The minimum atomic E-state index is -0.282. The van der Waals surface area contributed by atoms with Crippen molar-refractivity contribution in [1.29, 1.82) is 0 Å². The van der Waals surface area contributed by atoms with Gasteiger partial charge in [0, 0.05) is 24.2 Å². The highest BCUT2D eigenvalue weighted by atomic mass is 16.5. The molecule has 3 nitrogen and oxygen atoms in total. The van der Waals surface area contributed by atoms with Crippen molar-refractivity contribution < 1.29 is 9.53 Å². The van der Waals surface area contributed by atoms with Gasteiger partial charge in [0.15, 0.2) is 0 Å². The topological polar surface area (TPSA) is 29.5 Å². The van der Waals surface area contributed by atoms with Gasteiger partial charge in [-0.1, -0.05) is 39.7 Å². The van der Waals surface area contributed by atoms with Gasteiger partial charge in [0.05, 0.1) is 6.61 Å². The van der Waals surface area contributed by atoms with Crippen LogP contribution >= 0.6 is 0 Å². The van der Waals surface area contributed by atoms with Crippen molar-refractivity contribution in [2.24, 2.45) is 29.6 Å². The minimum absolute atomic E-state index is 0.282. The van der Waals surface area contributed by atoms with E-state index in [1.165, 1.54) is 122 Å². The van der Waals surface area contributed by atoms with Gasteiger partial charge in [-0.05, 0) is 132 Å². The molecule has 4 rings (SSSR count). The highest BCUT2D eigenvalue weighted by molar-refractivity contribution is 5.81. The van der Waals surface area contributed by atoms with Crippen LogP contribution in [0.4, 0.5) is 0 Å². The van der Waals surface area contributed by atoms with E-state index in [0.717, 1.165) is 54.1 Å². The molecule has 0 radical (unpaired) electrons. The fraction of sp³-hybridized carbons (Fsp3) is 0.909. The molecule has 0 aromatic rings. The maximum atomic E-state index is 11.2. The Labute approximate surface area is 223 Å². The molecular formula is C33H57NO2. The summed E-state index contributed by atoms with van der Waals surface area (Å²) in [5.41, 5.74) is 0. The molecule has 4 aliphatic rings. The van der Waals surface area contributed by atoms with Crippen LogP contribution in [0.15, 0.2) is 12.7 Å². The van der Waals surface area contributed by atoms with Crippen LogP contribution in [-0.4, -0.2) is 35.6 Å². The molecule has 36 heavy (non-hydrogen) atoms. The first-order valence-electron chi connectivity index (χ1n) is 16.1. The van der Waals surface area contributed by atoms with Crippen LogP contribution in [-0.2, 0) is 9.53 Å². The van der Waals surface area contributed by atoms with Crippen molar-refractivity contribution >= 4 is 5.97 Å². The first-order chi connectivity index (χ1) is 17.5. The number of hydrogen-bond donors (Lipinski definition) is 0. The molecule has 0 spiro atoms. The van der Waals surface area contributed by atoms with E-state index in [4.69, 9.17) is 4.74 Å². The van der Waals surface area contributed by atoms with E-state index in [1.54, 1.807) is 0 Å². The first kappa shape index (κ1) is 28.2. The Balaban J connectivity index is 1.19. The summed E-state index contributed by atoms with van der Waals surface area (Å²) in [5.74, 6) is 4.53. The van der Waals surface area contributed by atoms with E-state index in [2.05, 4.69) is 25.3 Å². The second-order valence-corrected chi connectivity index (χ2v) is 13.5. The second-order valence-electron chi connectivity index (χ2n) is 13.5. The minimum Gasteiger partial charge on any atom is -0.463 e. The molecule has 4 aliphatic carbocycles. The van der Waals surface area contributed by atoms with Gasteiger partial charge in [0.2, 0.25) is 0 Å². The fourth-order valence-electron chi connectivity index (χ4n) is 8.56. The third-order valence-corrected chi connectivity index (χ3v) is 11.0. The Hall–Kier alpha value is -0.830. The molecule has 0 aromatic carbocycles. The number of rotatable bonds is 10. The molecule has 206 valence electrons. The zero-order valence-corrected chi connectivity index (χ0v) is 23.8. The summed E-state index contributed by atoms with van der Waals surface area (Å²) < 4.78 is 5.13. The number of carbonyl (C=O) groups excluding carboxylic acids is 1. The molecular weight excluding hydrogens is 442 g/mol. The van der Waals surface area contributed by atoms with Crippen LogP contribution in [0.1, 0.15) is 136 Å². The summed E-state index contributed by atoms with van der Waals surface area (Å²) in [6.07, 6.45) is 28.2. The lowest BCUT2D eigenvalue weighted by Gasteiger charge is -2.50. The highest BCUT2D eigenvalue weighted by Crippen LogP contribution is 2.44. The van der Waals surface area contributed by atoms with Crippen LogP contribution in [0.3, 0.4) is 0 Å². The lowest BCUT2D eigenvalue weighted by atomic mass is 9.69. The van der Waals surface area contributed by atoms with E-state index >= 15 is 0 Å². The maximum absolute atomic E-state index is 11.2. The Bertz CT molecular complexity index is 623. The van der Waals surface area contributed by atoms with Gasteiger partial charge in [-0.2, -0.15) is 0 Å². The first-order valence-corrected chi connectivity index (χ1v) is 16.1. The van der Waals surface area contributed by atoms with Crippen molar-refractivity contribution in [3.8, 4) is 0 Å². The lowest BCUT2D eigenvalue weighted by molar-refractivity contribution is -0.137. The average Bonchev–Trinajstić information content (AvgIpc) is 2.91. The molecule has 0 saturated heterocycles. The smallest absolute Gasteiger partial charge is 0.330 e. The van der Waals surface area contributed by atoms with E-state index < -0.39 is 0 Å². The van der Waals surface area contributed by atoms with Crippen molar-refractivity contribution in [2.45, 2.75) is 154 Å². The number of esters is 1. The fourth-order valence-corrected chi connectivity index (χ4v) is 8.56. The van der Waals surface area contributed by atoms with Crippen LogP contribution in [0.5, 0.6) is 0 Å². The molecule has 4 saturated carbocycles. The maximum Gasteiger partial charge on any atom is 0.330 e. The summed E-state index contributed by atoms with van der Waals surface area (Å²) in [4.78, 5) is 14.3. The van der Waals surface area contributed by atoms with Crippen molar-refractivity contribution in [2.75, 3.05) is 6.61 Å². The zero-order valence-electron chi connectivity index (χ0n) is 23.8. The Kier molecular flexibility index (Phi) is 11.2. The standard InChI is InChI=1S/C33H57NO2/c1-4-33(35)36-24-6-5-7-27-12-14-28(15-13-27)29-16-22-32(23-17-29)34(30-18-8-25(2)9-19-30)31-20-10-26(3)11-21-31/h4,25-32H,1,5-24H2,2-3H3. The summed E-state index contributed by atoms with van der Waals surface area (Å²) in [5, 5.41) is 0. The summed E-state index contributed by atoms with van der Waals surface area (Å²) in [6.45, 7) is 8.97. The third-order valence-electron chi connectivity index (χ3n) is 11.0.